The van der Waals surface area contributed by atoms with Gasteiger partial charge in [-0.25, -0.2) is 4.79 Å². The van der Waals surface area contributed by atoms with E-state index in [0.717, 1.165) is 10.4 Å². The highest BCUT2D eigenvalue weighted by Crippen LogP contribution is 2.15. The second-order valence-corrected chi connectivity index (χ2v) is 8.20. The summed E-state index contributed by atoms with van der Waals surface area (Å²) in [5, 5.41) is 1.47. The first kappa shape index (κ1) is 16.2. The van der Waals surface area contributed by atoms with Crippen LogP contribution >= 0.6 is 0 Å². The third-order valence-electron chi connectivity index (χ3n) is 3.51. The van der Waals surface area contributed by atoms with Crippen LogP contribution in [0.4, 0.5) is 8.90 Å². The minimum atomic E-state index is -3.32. The molecule has 2 aromatic rings. The molecule has 0 aliphatic carbocycles. The molecule has 0 atom stereocenters. The maximum absolute atomic E-state index is 15.8. The van der Waals surface area contributed by atoms with Crippen molar-refractivity contribution in [3.8, 4) is 0 Å². The number of carbonyl (C=O) groups is 1. The van der Waals surface area contributed by atoms with Gasteiger partial charge >= 0.3 is 14.6 Å². The van der Waals surface area contributed by atoms with Crippen molar-refractivity contribution in [3.63, 3.8) is 0 Å². The summed E-state index contributed by atoms with van der Waals surface area (Å²) in [4.78, 5) is 10.9. The van der Waals surface area contributed by atoms with E-state index in [1.54, 1.807) is 0 Å². The summed E-state index contributed by atoms with van der Waals surface area (Å²) < 4.78 is 25.1. The molecule has 0 amide bonds. The molecule has 22 heavy (non-hydrogen) atoms. The summed E-state index contributed by atoms with van der Waals surface area (Å²) in [6.07, 6.45) is -0.271. The molecular formula is C17H19FO3Si. The lowest BCUT2D eigenvalue weighted by molar-refractivity contribution is 0.0727. The zero-order chi connectivity index (χ0) is 15.8. The lowest BCUT2D eigenvalue weighted by Gasteiger charge is -2.23. The van der Waals surface area contributed by atoms with E-state index in [1.807, 2.05) is 60.7 Å². The summed E-state index contributed by atoms with van der Waals surface area (Å²) in [5.74, 6) is 0. The predicted molar refractivity (Wildman–Crippen MR) is 86.8 cm³/mol. The Balaban J connectivity index is 2.15. The Morgan fingerprint density at radius 2 is 1.50 bits per heavy atom. The molecule has 0 saturated carbocycles. The quantitative estimate of drug-likeness (QED) is 0.356. The minimum Gasteiger partial charge on any atom is -0.438 e. The predicted octanol–water partition coefficient (Wildman–Crippen LogP) is 2.89. The van der Waals surface area contributed by atoms with E-state index >= 15 is 4.11 Å². The van der Waals surface area contributed by atoms with Gasteiger partial charge in [0.25, 0.3) is 0 Å². The second kappa shape index (κ2) is 7.75. The Bertz CT molecular complexity index is 550. The van der Waals surface area contributed by atoms with E-state index in [1.165, 1.54) is 7.11 Å². The lowest BCUT2D eigenvalue weighted by Crippen LogP contribution is -2.54. The minimum absolute atomic E-state index is 0.158. The lowest BCUT2D eigenvalue weighted by atomic mass is 10.4. The summed E-state index contributed by atoms with van der Waals surface area (Å²) >= 11 is 0. The Morgan fingerprint density at radius 1 is 1.00 bits per heavy atom. The number of methoxy groups -OCH3 is 1. The van der Waals surface area contributed by atoms with Gasteiger partial charge in [-0.1, -0.05) is 60.7 Å². The van der Waals surface area contributed by atoms with E-state index in [2.05, 4.69) is 4.74 Å². The van der Waals surface area contributed by atoms with Gasteiger partial charge in [0.1, 0.15) is 0 Å². The highest BCUT2D eigenvalue weighted by molar-refractivity contribution is 6.97. The van der Waals surface area contributed by atoms with Crippen molar-refractivity contribution >= 4 is 24.9 Å². The molecule has 0 aliphatic heterocycles. The third-order valence-corrected chi connectivity index (χ3v) is 7.05. The molecule has 5 heteroatoms. The largest absolute Gasteiger partial charge is 0.507 e. The van der Waals surface area contributed by atoms with Crippen molar-refractivity contribution in [3.05, 3.63) is 60.7 Å². The van der Waals surface area contributed by atoms with Crippen molar-refractivity contribution in [1.82, 2.24) is 0 Å². The molecule has 0 heterocycles. The molecule has 0 fully saturated rings. The fourth-order valence-corrected chi connectivity index (χ4v) is 5.37. The van der Waals surface area contributed by atoms with E-state index < -0.39 is 14.6 Å². The van der Waals surface area contributed by atoms with Gasteiger partial charge in [0.15, 0.2) is 0 Å². The van der Waals surface area contributed by atoms with Crippen LogP contribution in [0, 0.1) is 0 Å². The molecule has 3 nitrogen and oxygen atoms in total. The standard InChI is InChI=1S/C17H19FO3Si/c1-20-17(19)21-13-8-14-22(18,15-9-4-2-5-10-15)16-11-6-3-7-12-16/h2-7,9-12H,8,13-14H2,1H3. The second-order valence-electron chi connectivity index (χ2n) is 4.94. The first-order valence-electron chi connectivity index (χ1n) is 7.17. The van der Waals surface area contributed by atoms with E-state index in [0.29, 0.717) is 12.5 Å². The van der Waals surface area contributed by atoms with Crippen molar-refractivity contribution < 1.29 is 18.4 Å². The third kappa shape index (κ3) is 3.95. The Kier molecular flexibility index (Phi) is 5.72. The number of carbonyl (C=O) groups excluding carboxylic acids is 1. The van der Waals surface area contributed by atoms with Crippen molar-refractivity contribution in [1.29, 1.82) is 0 Å². The smallest absolute Gasteiger partial charge is 0.438 e. The van der Waals surface area contributed by atoms with Gasteiger partial charge in [0.2, 0.25) is 0 Å². The number of hydrogen-bond donors (Lipinski definition) is 0. The molecule has 0 radical (unpaired) electrons. The number of halogens is 1. The van der Waals surface area contributed by atoms with Gasteiger partial charge in [0.05, 0.1) is 13.7 Å². The molecule has 2 rings (SSSR count). The first-order valence-corrected chi connectivity index (χ1v) is 9.26. The molecule has 0 aliphatic rings. The summed E-state index contributed by atoms with van der Waals surface area (Å²) in [6.45, 7) is 0.158. The number of rotatable bonds is 6. The summed E-state index contributed by atoms with van der Waals surface area (Å²) in [7, 11) is -2.06. The van der Waals surface area contributed by atoms with E-state index in [-0.39, 0.29) is 6.61 Å². The van der Waals surface area contributed by atoms with Gasteiger partial charge in [-0.2, -0.15) is 0 Å². The fourth-order valence-electron chi connectivity index (χ4n) is 2.39. The fraction of sp³-hybridized carbons (Fsp3) is 0.235. The molecule has 0 spiro atoms. The molecule has 0 saturated heterocycles. The zero-order valence-electron chi connectivity index (χ0n) is 12.5. The number of hydrogen-bond acceptors (Lipinski definition) is 3. The maximum atomic E-state index is 15.8. The topological polar surface area (TPSA) is 35.5 Å². The normalized spacial score (nSPS) is 11.0. The van der Waals surface area contributed by atoms with Crippen LogP contribution in [-0.2, 0) is 9.47 Å². The van der Waals surface area contributed by atoms with Crippen molar-refractivity contribution in [2.24, 2.45) is 0 Å². The van der Waals surface area contributed by atoms with Crippen LogP contribution < -0.4 is 10.4 Å². The van der Waals surface area contributed by atoms with Gasteiger partial charge < -0.3 is 13.6 Å². The maximum Gasteiger partial charge on any atom is 0.507 e. The van der Waals surface area contributed by atoms with Crippen LogP contribution in [0.1, 0.15) is 6.42 Å². The first-order chi connectivity index (χ1) is 10.7. The molecule has 116 valence electrons. The average molecular weight is 318 g/mol. The molecular weight excluding hydrogens is 299 g/mol. The number of benzene rings is 2. The van der Waals surface area contributed by atoms with Crippen LogP contribution in [0.2, 0.25) is 6.04 Å². The molecule has 0 aromatic heterocycles. The van der Waals surface area contributed by atoms with Gasteiger partial charge in [-0.15, -0.1) is 0 Å². The molecule has 0 bridgehead atoms. The Morgan fingerprint density at radius 3 is 1.95 bits per heavy atom. The molecule has 0 N–H and O–H groups in total. The summed E-state index contributed by atoms with van der Waals surface area (Å²) in [5.41, 5.74) is 0. The van der Waals surface area contributed by atoms with Crippen molar-refractivity contribution in [2.45, 2.75) is 12.5 Å². The molecule has 2 aromatic carbocycles. The number of ether oxygens (including phenoxy) is 2. The van der Waals surface area contributed by atoms with Crippen LogP contribution in [-0.4, -0.2) is 28.3 Å². The average Bonchev–Trinajstić information content (AvgIpc) is 2.59. The zero-order valence-corrected chi connectivity index (χ0v) is 13.5. The van der Waals surface area contributed by atoms with Gasteiger partial charge in [-0.05, 0) is 22.8 Å². The summed E-state index contributed by atoms with van der Waals surface area (Å²) in [6, 6.07) is 18.9. The van der Waals surface area contributed by atoms with Crippen LogP contribution in [0.3, 0.4) is 0 Å². The molecule has 0 unspecified atom stereocenters. The van der Waals surface area contributed by atoms with Gasteiger partial charge in [0, 0.05) is 0 Å². The monoisotopic (exact) mass is 318 g/mol. The van der Waals surface area contributed by atoms with Crippen molar-refractivity contribution in [2.75, 3.05) is 13.7 Å². The van der Waals surface area contributed by atoms with Crippen LogP contribution in [0.5, 0.6) is 0 Å². The van der Waals surface area contributed by atoms with Gasteiger partial charge in [-0.3, -0.25) is 0 Å². The Labute approximate surface area is 130 Å². The van der Waals surface area contributed by atoms with Crippen LogP contribution in [0.15, 0.2) is 60.7 Å². The highest BCUT2D eigenvalue weighted by Gasteiger charge is 2.38. The SMILES string of the molecule is COC(=O)OCCC[Si](F)(c1ccccc1)c1ccccc1. The highest BCUT2D eigenvalue weighted by atomic mass is 28.4. The van der Waals surface area contributed by atoms with E-state index in [9.17, 15) is 4.79 Å². The Hall–Kier alpha value is -2.14. The van der Waals surface area contributed by atoms with E-state index in [4.69, 9.17) is 4.74 Å². The van der Waals surface area contributed by atoms with Crippen LogP contribution in [0.25, 0.3) is 0 Å².